The Labute approximate surface area is 85.0 Å². The van der Waals surface area contributed by atoms with Crippen LogP contribution in [0.15, 0.2) is 30.3 Å². The Bertz CT molecular complexity index is 297. The molecule has 0 aliphatic heterocycles. The van der Waals surface area contributed by atoms with E-state index in [0.29, 0.717) is 5.56 Å². The highest BCUT2D eigenvalue weighted by Gasteiger charge is 2.39. The second-order valence-corrected chi connectivity index (χ2v) is 3.22. The average molecular weight is 220 g/mol. The van der Waals surface area contributed by atoms with Gasteiger partial charge < -0.3 is 10.2 Å². The Morgan fingerprint density at radius 3 is 2.07 bits per heavy atom. The molecule has 0 amide bonds. The molecule has 84 valence electrons. The fourth-order valence-electron chi connectivity index (χ4n) is 1.16. The van der Waals surface area contributed by atoms with Crippen LogP contribution >= 0.6 is 0 Å². The van der Waals surface area contributed by atoms with Gasteiger partial charge in [0.25, 0.3) is 0 Å². The van der Waals surface area contributed by atoms with Gasteiger partial charge in [0.1, 0.15) is 0 Å². The van der Waals surface area contributed by atoms with E-state index in [2.05, 4.69) is 0 Å². The first-order valence-corrected chi connectivity index (χ1v) is 4.39. The molecule has 0 saturated heterocycles. The topological polar surface area (TPSA) is 40.5 Å². The van der Waals surface area contributed by atoms with Crippen molar-refractivity contribution >= 4 is 0 Å². The summed E-state index contributed by atoms with van der Waals surface area (Å²) in [7, 11) is 0. The van der Waals surface area contributed by atoms with E-state index >= 15 is 0 Å². The first kappa shape index (κ1) is 12.0. The predicted molar refractivity (Wildman–Crippen MR) is 48.1 cm³/mol. The number of alkyl halides is 3. The summed E-state index contributed by atoms with van der Waals surface area (Å²) in [6.45, 7) is 0. The molecule has 15 heavy (non-hydrogen) atoms. The van der Waals surface area contributed by atoms with Gasteiger partial charge in [-0.2, -0.15) is 13.2 Å². The second kappa shape index (κ2) is 4.63. The highest BCUT2D eigenvalue weighted by Crippen LogP contribution is 2.27. The van der Waals surface area contributed by atoms with Crippen molar-refractivity contribution in [1.82, 2.24) is 0 Å². The van der Waals surface area contributed by atoms with Crippen LogP contribution in [0.2, 0.25) is 0 Å². The largest absolute Gasteiger partial charge is 0.414 e. The van der Waals surface area contributed by atoms with E-state index in [1.807, 2.05) is 0 Å². The SMILES string of the molecule is OC(CC(O)C(F)(F)F)c1ccccc1. The van der Waals surface area contributed by atoms with Gasteiger partial charge in [-0.3, -0.25) is 0 Å². The lowest BCUT2D eigenvalue weighted by Crippen LogP contribution is -2.30. The Morgan fingerprint density at radius 1 is 1.07 bits per heavy atom. The third-order valence-electron chi connectivity index (χ3n) is 2.01. The number of rotatable bonds is 3. The zero-order chi connectivity index (χ0) is 11.5. The standard InChI is InChI=1S/C10H11F3O2/c11-10(12,13)9(15)6-8(14)7-4-2-1-3-5-7/h1-5,8-9,14-15H,6H2. The number of hydrogen-bond acceptors (Lipinski definition) is 2. The maximum atomic E-state index is 12.0. The van der Waals surface area contributed by atoms with E-state index in [1.165, 1.54) is 12.1 Å². The molecule has 0 radical (unpaired) electrons. The summed E-state index contributed by atoms with van der Waals surface area (Å²) < 4.78 is 35.9. The van der Waals surface area contributed by atoms with Crippen LogP contribution in [0.3, 0.4) is 0 Å². The molecule has 0 aliphatic rings. The van der Waals surface area contributed by atoms with Gasteiger partial charge in [-0.15, -0.1) is 0 Å². The van der Waals surface area contributed by atoms with Crippen molar-refractivity contribution in [1.29, 1.82) is 0 Å². The summed E-state index contributed by atoms with van der Waals surface area (Å²) in [6, 6.07) is 7.93. The van der Waals surface area contributed by atoms with Crippen LogP contribution in [-0.2, 0) is 0 Å². The lowest BCUT2D eigenvalue weighted by atomic mass is 10.0. The fourth-order valence-corrected chi connectivity index (χ4v) is 1.16. The van der Waals surface area contributed by atoms with Gasteiger partial charge in [0, 0.05) is 6.42 Å². The molecule has 2 N–H and O–H groups in total. The Balaban J connectivity index is 2.61. The third kappa shape index (κ3) is 3.53. The normalized spacial score (nSPS) is 16.1. The van der Waals surface area contributed by atoms with E-state index in [-0.39, 0.29) is 0 Å². The minimum absolute atomic E-state index is 0.362. The van der Waals surface area contributed by atoms with E-state index in [9.17, 15) is 18.3 Å². The smallest absolute Gasteiger partial charge is 0.388 e. The van der Waals surface area contributed by atoms with Gasteiger partial charge >= 0.3 is 6.18 Å². The Kier molecular flexibility index (Phi) is 3.71. The zero-order valence-electron chi connectivity index (χ0n) is 7.78. The predicted octanol–water partition coefficient (Wildman–Crippen LogP) is 2.03. The van der Waals surface area contributed by atoms with Crippen LogP contribution in [0.25, 0.3) is 0 Å². The molecular formula is C10H11F3O2. The first-order chi connectivity index (χ1) is 6.91. The first-order valence-electron chi connectivity index (χ1n) is 4.39. The van der Waals surface area contributed by atoms with Crippen molar-refractivity contribution in [2.45, 2.75) is 24.8 Å². The number of aliphatic hydroxyl groups excluding tert-OH is 2. The lowest BCUT2D eigenvalue weighted by Gasteiger charge is -2.18. The monoisotopic (exact) mass is 220 g/mol. The maximum absolute atomic E-state index is 12.0. The summed E-state index contributed by atoms with van der Waals surface area (Å²) in [5.41, 5.74) is 0.362. The highest BCUT2D eigenvalue weighted by atomic mass is 19.4. The van der Waals surface area contributed by atoms with Crippen LogP contribution in [-0.4, -0.2) is 22.5 Å². The average Bonchev–Trinajstić information content (AvgIpc) is 2.17. The Morgan fingerprint density at radius 2 is 1.60 bits per heavy atom. The van der Waals surface area contributed by atoms with Crippen LogP contribution in [0.1, 0.15) is 18.1 Å². The Hall–Kier alpha value is -1.07. The van der Waals surface area contributed by atoms with Crippen molar-refractivity contribution in [2.24, 2.45) is 0 Å². The molecule has 0 spiro atoms. The van der Waals surface area contributed by atoms with Gasteiger partial charge in [0.2, 0.25) is 0 Å². The molecule has 1 aromatic rings. The molecule has 2 atom stereocenters. The molecule has 0 heterocycles. The van der Waals surface area contributed by atoms with Crippen LogP contribution in [0, 0.1) is 0 Å². The van der Waals surface area contributed by atoms with Gasteiger partial charge in [-0.25, -0.2) is 0 Å². The molecular weight excluding hydrogens is 209 g/mol. The minimum atomic E-state index is -4.68. The van der Waals surface area contributed by atoms with Crippen LogP contribution in [0.5, 0.6) is 0 Å². The fraction of sp³-hybridized carbons (Fsp3) is 0.400. The summed E-state index contributed by atoms with van der Waals surface area (Å²) in [6.07, 6.45) is -9.22. The van der Waals surface area contributed by atoms with Crippen molar-refractivity contribution in [3.63, 3.8) is 0 Å². The van der Waals surface area contributed by atoms with Gasteiger partial charge in [-0.05, 0) is 5.56 Å². The minimum Gasteiger partial charge on any atom is -0.388 e. The molecule has 1 aromatic carbocycles. The summed E-state index contributed by atoms with van der Waals surface area (Å²) in [5, 5.41) is 18.1. The molecule has 0 aromatic heterocycles. The van der Waals surface area contributed by atoms with Crippen molar-refractivity contribution < 1.29 is 23.4 Å². The molecule has 0 aliphatic carbocycles. The van der Waals surface area contributed by atoms with Gasteiger partial charge in [0.15, 0.2) is 6.10 Å². The molecule has 5 heteroatoms. The van der Waals surface area contributed by atoms with E-state index in [4.69, 9.17) is 5.11 Å². The molecule has 0 saturated carbocycles. The number of halogens is 3. The summed E-state index contributed by atoms with van der Waals surface area (Å²) >= 11 is 0. The van der Waals surface area contributed by atoms with Crippen LogP contribution < -0.4 is 0 Å². The second-order valence-electron chi connectivity index (χ2n) is 3.22. The summed E-state index contributed by atoms with van der Waals surface area (Å²) in [5.74, 6) is 0. The third-order valence-corrected chi connectivity index (χ3v) is 2.01. The zero-order valence-corrected chi connectivity index (χ0v) is 7.78. The van der Waals surface area contributed by atoms with E-state index < -0.39 is 24.8 Å². The highest BCUT2D eigenvalue weighted by molar-refractivity contribution is 5.17. The number of hydrogen-bond donors (Lipinski definition) is 2. The molecule has 2 unspecified atom stereocenters. The molecule has 2 nitrogen and oxygen atoms in total. The van der Waals surface area contributed by atoms with Crippen molar-refractivity contribution in [3.05, 3.63) is 35.9 Å². The lowest BCUT2D eigenvalue weighted by molar-refractivity contribution is -0.211. The van der Waals surface area contributed by atoms with Crippen molar-refractivity contribution in [3.8, 4) is 0 Å². The maximum Gasteiger partial charge on any atom is 0.414 e. The number of aliphatic hydroxyl groups is 2. The molecule has 1 rings (SSSR count). The molecule has 0 fully saturated rings. The van der Waals surface area contributed by atoms with Crippen molar-refractivity contribution in [2.75, 3.05) is 0 Å². The van der Waals surface area contributed by atoms with Gasteiger partial charge in [0.05, 0.1) is 6.10 Å². The number of benzene rings is 1. The van der Waals surface area contributed by atoms with E-state index in [0.717, 1.165) is 0 Å². The van der Waals surface area contributed by atoms with Crippen LogP contribution in [0.4, 0.5) is 13.2 Å². The van der Waals surface area contributed by atoms with E-state index in [1.54, 1.807) is 18.2 Å². The van der Waals surface area contributed by atoms with Gasteiger partial charge in [-0.1, -0.05) is 30.3 Å². The quantitative estimate of drug-likeness (QED) is 0.818. The summed E-state index contributed by atoms with van der Waals surface area (Å²) in [4.78, 5) is 0. The molecule has 0 bridgehead atoms.